The molecule has 1 aromatic heterocycles. The molecule has 1 unspecified atom stereocenters. The Kier molecular flexibility index (Phi) is 5.90. The molecule has 0 aliphatic carbocycles. The van der Waals surface area contributed by atoms with Crippen molar-refractivity contribution >= 4 is 40.7 Å². The molecule has 2 aliphatic rings. The van der Waals surface area contributed by atoms with Crippen LogP contribution in [0.5, 0.6) is 0 Å². The van der Waals surface area contributed by atoms with Gasteiger partial charge in [0.1, 0.15) is 24.2 Å². The Balaban J connectivity index is 1.53. The smallest absolute Gasteiger partial charge is 0.251 e. The fourth-order valence-corrected chi connectivity index (χ4v) is 4.32. The molecular weight excluding hydrogens is 430 g/mol. The summed E-state index contributed by atoms with van der Waals surface area (Å²) >= 11 is 5.90. The summed E-state index contributed by atoms with van der Waals surface area (Å²) < 4.78 is 28.0. The third-order valence-corrected chi connectivity index (χ3v) is 5.73. The van der Waals surface area contributed by atoms with Crippen LogP contribution in [0.1, 0.15) is 25.7 Å². The van der Waals surface area contributed by atoms with Crippen molar-refractivity contribution in [2.75, 3.05) is 29.0 Å². The highest BCUT2D eigenvalue weighted by molar-refractivity contribution is 6.30. The number of amides is 2. The second kappa shape index (κ2) is 8.62. The Hall–Kier alpha value is -3.01. The minimum Gasteiger partial charge on any atom is -0.381 e. The van der Waals surface area contributed by atoms with Crippen LogP contribution in [0.15, 0.2) is 24.5 Å². The minimum atomic E-state index is -0.857. The van der Waals surface area contributed by atoms with Gasteiger partial charge in [0, 0.05) is 23.8 Å². The van der Waals surface area contributed by atoms with Gasteiger partial charge < -0.3 is 16.0 Å². The first-order valence-electron chi connectivity index (χ1n) is 9.95. The average Bonchev–Trinajstić information content (AvgIpc) is 2.72. The molecule has 11 heteroatoms. The van der Waals surface area contributed by atoms with Crippen molar-refractivity contribution in [3.63, 3.8) is 0 Å². The average molecular weight is 451 g/mol. The molecule has 2 fully saturated rings. The molecule has 2 amide bonds. The number of carbonyl (C=O) groups is 2. The molecule has 0 bridgehead atoms. The van der Waals surface area contributed by atoms with E-state index >= 15 is 0 Å². The Morgan fingerprint density at radius 1 is 1.06 bits per heavy atom. The van der Waals surface area contributed by atoms with Crippen molar-refractivity contribution < 1.29 is 18.4 Å². The number of carbonyl (C=O) groups excluding carboxylic acids is 2. The third kappa shape index (κ3) is 4.25. The molecule has 0 saturated carbocycles. The number of aromatic nitrogens is 2. The minimum absolute atomic E-state index is 0.185. The van der Waals surface area contributed by atoms with Gasteiger partial charge in [-0.3, -0.25) is 14.5 Å². The van der Waals surface area contributed by atoms with Crippen LogP contribution >= 0.6 is 11.6 Å². The summed E-state index contributed by atoms with van der Waals surface area (Å²) in [6, 6.07) is 2.61. The number of nitrogens with two attached hydrogens (primary N) is 1. The van der Waals surface area contributed by atoms with Crippen LogP contribution in [0, 0.1) is 11.6 Å². The first kappa shape index (κ1) is 21.2. The van der Waals surface area contributed by atoms with Crippen molar-refractivity contribution in [1.82, 2.24) is 14.9 Å². The SMILES string of the molecule is Nc1ncnc(N2CCC[C@@H](N3CCCC(Nc4cc(F)cc(Cl)c4)C3=O)C2=O)c1F. The molecule has 0 spiro atoms. The van der Waals surface area contributed by atoms with Crippen LogP contribution in [0.4, 0.5) is 26.1 Å². The number of likely N-dealkylation sites (tertiary alicyclic amines) is 1. The Morgan fingerprint density at radius 2 is 1.84 bits per heavy atom. The van der Waals surface area contributed by atoms with Gasteiger partial charge in [0.25, 0.3) is 5.91 Å². The van der Waals surface area contributed by atoms with Gasteiger partial charge in [-0.25, -0.2) is 14.4 Å². The summed E-state index contributed by atoms with van der Waals surface area (Å²) in [6.07, 6.45) is 3.32. The molecule has 3 heterocycles. The Morgan fingerprint density at radius 3 is 2.61 bits per heavy atom. The van der Waals surface area contributed by atoms with Crippen LogP contribution < -0.4 is 16.0 Å². The van der Waals surface area contributed by atoms with E-state index in [0.29, 0.717) is 37.9 Å². The lowest BCUT2D eigenvalue weighted by Gasteiger charge is -2.41. The molecule has 8 nitrogen and oxygen atoms in total. The van der Waals surface area contributed by atoms with E-state index in [1.807, 2.05) is 0 Å². The van der Waals surface area contributed by atoms with Crippen LogP contribution in [0.25, 0.3) is 0 Å². The molecule has 3 N–H and O–H groups in total. The van der Waals surface area contributed by atoms with Gasteiger partial charge in [0.15, 0.2) is 11.6 Å². The summed E-state index contributed by atoms with van der Waals surface area (Å²) in [5.74, 6) is -2.58. The highest BCUT2D eigenvalue weighted by Crippen LogP contribution is 2.29. The number of hydrogen-bond acceptors (Lipinski definition) is 6. The number of benzene rings is 1. The molecule has 1 aromatic carbocycles. The molecule has 2 aliphatic heterocycles. The lowest BCUT2D eigenvalue weighted by molar-refractivity contribution is -0.143. The Bertz CT molecular complexity index is 1000. The van der Waals surface area contributed by atoms with E-state index in [1.165, 1.54) is 28.0 Å². The molecular formula is C20H21ClF2N6O2. The topological polar surface area (TPSA) is 104 Å². The summed E-state index contributed by atoms with van der Waals surface area (Å²) in [7, 11) is 0. The molecule has 2 aromatic rings. The van der Waals surface area contributed by atoms with Gasteiger partial charge in [-0.05, 0) is 43.9 Å². The number of nitrogens with zero attached hydrogens (tertiary/aromatic N) is 4. The molecule has 2 saturated heterocycles. The van der Waals surface area contributed by atoms with Crippen molar-refractivity contribution in [1.29, 1.82) is 0 Å². The standard InChI is InChI=1S/C20H21ClF2N6O2/c21-11-7-12(22)9-13(8-11)27-14-3-1-5-28(19(14)30)15-4-2-6-29(20(15)31)18-16(23)17(24)25-10-26-18/h7-10,14-15,27H,1-6H2,(H2,24,25,26)/t14?,15-/m1/s1. The first-order chi connectivity index (χ1) is 14.8. The summed E-state index contributed by atoms with van der Waals surface area (Å²) in [6.45, 7) is 0.674. The number of piperidine rings is 2. The van der Waals surface area contributed by atoms with Crippen molar-refractivity contribution in [2.24, 2.45) is 0 Å². The number of hydrogen-bond donors (Lipinski definition) is 2. The van der Waals surface area contributed by atoms with Crippen molar-refractivity contribution in [3.8, 4) is 0 Å². The number of halogens is 3. The summed E-state index contributed by atoms with van der Waals surface area (Å²) in [4.78, 5) is 36.5. The Labute approximate surface area is 182 Å². The maximum atomic E-state index is 14.4. The molecule has 2 atom stereocenters. The predicted molar refractivity (Wildman–Crippen MR) is 112 cm³/mol. The van der Waals surface area contributed by atoms with Crippen LogP contribution in [-0.4, -0.2) is 51.9 Å². The largest absolute Gasteiger partial charge is 0.381 e. The van der Waals surface area contributed by atoms with E-state index in [9.17, 15) is 18.4 Å². The zero-order valence-electron chi connectivity index (χ0n) is 16.5. The molecule has 164 valence electrons. The highest BCUT2D eigenvalue weighted by atomic mass is 35.5. The van der Waals surface area contributed by atoms with E-state index < -0.39 is 29.6 Å². The third-order valence-electron chi connectivity index (χ3n) is 5.52. The highest BCUT2D eigenvalue weighted by Gasteiger charge is 2.41. The van der Waals surface area contributed by atoms with Gasteiger partial charge in [-0.2, -0.15) is 4.39 Å². The normalized spacial score (nSPS) is 22.0. The van der Waals surface area contributed by atoms with Crippen LogP contribution in [0.2, 0.25) is 5.02 Å². The monoisotopic (exact) mass is 450 g/mol. The fourth-order valence-electron chi connectivity index (χ4n) is 4.10. The lowest BCUT2D eigenvalue weighted by Crippen LogP contribution is -2.59. The quantitative estimate of drug-likeness (QED) is 0.742. The predicted octanol–water partition coefficient (Wildman–Crippen LogP) is 2.59. The lowest BCUT2D eigenvalue weighted by atomic mass is 9.97. The van der Waals surface area contributed by atoms with E-state index in [1.54, 1.807) is 0 Å². The number of rotatable bonds is 4. The first-order valence-corrected chi connectivity index (χ1v) is 10.3. The van der Waals surface area contributed by atoms with E-state index in [-0.39, 0.29) is 29.1 Å². The molecule has 4 rings (SSSR count). The fraction of sp³-hybridized carbons (Fsp3) is 0.400. The van der Waals surface area contributed by atoms with Crippen molar-refractivity contribution in [2.45, 2.75) is 37.8 Å². The van der Waals surface area contributed by atoms with Gasteiger partial charge in [0.2, 0.25) is 11.7 Å². The zero-order chi connectivity index (χ0) is 22.1. The number of anilines is 3. The van der Waals surface area contributed by atoms with Gasteiger partial charge in [-0.1, -0.05) is 11.6 Å². The summed E-state index contributed by atoms with van der Waals surface area (Å²) in [5.41, 5.74) is 5.90. The van der Waals surface area contributed by atoms with Gasteiger partial charge in [0.05, 0.1) is 0 Å². The van der Waals surface area contributed by atoms with Gasteiger partial charge in [-0.15, -0.1) is 0 Å². The summed E-state index contributed by atoms with van der Waals surface area (Å²) in [5, 5.41) is 3.23. The zero-order valence-corrected chi connectivity index (χ0v) is 17.3. The van der Waals surface area contributed by atoms with Gasteiger partial charge >= 0.3 is 0 Å². The van der Waals surface area contributed by atoms with E-state index in [0.717, 1.165) is 6.33 Å². The maximum Gasteiger partial charge on any atom is 0.251 e. The maximum absolute atomic E-state index is 14.4. The van der Waals surface area contributed by atoms with E-state index in [4.69, 9.17) is 17.3 Å². The van der Waals surface area contributed by atoms with E-state index in [2.05, 4.69) is 15.3 Å². The number of nitrogen functional groups attached to an aromatic ring is 1. The van der Waals surface area contributed by atoms with Crippen LogP contribution in [0.3, 0.4) is 0 Å². The second-order valence-corrected chi connectivity index (χ2v) is 8.01. The number of nitrogens with one attached hydrogen (secondary N) is 1. The van der Waals surface area contributed by atoms with Crippen LogP contribution in [-0.2, 0) is 9.59 Å². The second-order valence-electron chi connectivity index (χ2n) is 7.57. The van der Waals surface area contributed by atoms with Crippen molar-refractivity contribution in [3.05, 3.63) is 41.2 Å². The molecule has 31 heavy (non-hydrogen) atoms. The molecule has 0 radical (unpaired) electrons.